The Morgan fingerprint density at radius 1 is 1.10 bits per heavy atom. The maximum atomic E-state index is 13.2. The highest BCUT2D eigenvalue weighted by atomic mass is 16.5. The van der Waals surface area contributed by atoms with Crippen LogP contribution in [-0.4, -0.2) is 47.3 Å². The number of carbonyl (C=O) groups excluding carboxylic acids is 3. The largest absolute Gasteiger partial charge is 0.453 e. The number of hydrogen-bond acceptors (Lipinski definition) is 4. The predicted octanol–water partition coefficient (Wildman–Crippen LogP) is 4.18. The molecule has 6 nitrogen and oxygen atoms in total. The van der Waals surface area contributed by atoms with Crippen molar-refractivity contribution in [2.24, 2.45) is 11.8 Å². The second kappa shape index (κ2) is 8.29. The van der Waals surface area contributed by atoms with Gasteiger partial charge < -0.3 is 14.2 Å². The Hall–Kier alpha value is -2.37. The van der Waals surface area contributed by atoms with Crippen molar-refractivity contribution in [3.05, 3.63) is 28.6 Å². The summed E-state index contributed by atoms with van der Waals surface area (Å²) in [6, 6.07) is 0. The fourth-order valence-electron chi connectivity index (χ4n) is 6.11. The van der Waals surface area contributed by atoms with Crippen molar-refractivity contribution in [3.8, 4) is 0 Å². The van der Waals surface area contributed by atoms with Crippen molar-refractivity contribution in [2.75, 3.05) is 20.2 Å². The fourth-order valence-corrected chi connectivity index (χ4v) is 6.11. The number of amides is 1. The first-order valence-electron chi connectivity index (χ1n) is 11.9. The SMILES string of the molecule is COC(=O)N1CCC(CCC(=O)C2C=C3CCC(=O)c4c5c(n(c43)C2)CCCC5)CC1. The van der Waals surface area contributed by atoms with Gasteiger partial charge in [0.2, 0.25) is 0 Å². The molecule has 0 spiro atoms. The number of nitrogens with zero attached hydrogens (tertiary/aromatic N) is 2. The molecule has 2 aliphatic heterocycles. The fraction of sp³-hybridized carbons (Fsp3) is 0.640. The van der Waals surface area contributed by atoms with Crippen molar-refractivity contribution in [3.63, 3.8) is 0 Å². The molecule has 5 rings (SSSR count). The number of piperidine rings is 1. The van der Waals surface area contributed by atoms with E-state index in [1.165, 1.54) is 30.4 Å². The number of likely N-dealkylation sites (tertiary alicyclic amines) is 1. The maximum Gasteiger partial charge on any atom is 0.409 e. The van der Waals surface area contributed by atoms with Gasteiger partial charge >= 0.3 is 6.09 Å². The molecule has 6 heteroatoms. The van der Waals surface area contributed by atoms with Crippen LogP contribution in [-0.2, 0) is 28.9 Å². The molecule has 1 aromatic heterocycles. The van der Waals surface area contributed by atoms with E-state index in [2.05, 4.69) is 10.6 Å². The van der Waals surface area contributed by atoms with Crippen LogP contribution in [0.5, 0.6) is 0 Å². The van der Waals surface area contributed by atoms with E-state index in [0.29, 0.717) is 50.0 Å². The monoisotopic (exact) mass is 424 g/mol. The molecule has 31 heavy (non-hydrogen) atoms. The number of ketones is 2. The van der Waals surface area contributed by atoms with E-state index in [1.54, 1.807) is 4.90 Å². The molecule has 1 unspecified atom stereocenters. The zero-order valence-corrected chi connectivity index (χ0v) is 18.5. The third-order valence-electron chi connectivity index (χ3n) is 7.82. The molecule has 166 valence electrons. The second-order valence-corrected chi connectivity index (χ2v) is 9.59. The van der Waals surface area contributed by atoms with E-state index in [1.807, 2.05) is 0 Å². The van der Waals surface area contributed by atoms with Crippen LogP contribution < -0.4 is 0 Å². The third kappa shape index (κ3) is 3.64. The van der Waals surface area contributed by atoms with Crippen molar-refractivity contribution in [1.29, 1.82) is 0 Å². The summed E-state index contributed by atoms with van der Waals surface area (Å²) in [5.41, 5.74) is 5.95. The Balaban J connectivity index is 1.26. The molecule has 0 bridgehead atoms. The number of Topliss-reactive ketones (excluding diaryl/α,β-unsaturated/α-hetero) is 2. The van der Waals surface area contributed by atoms with Gasteiger partial charge in [-0.3, -0.25) is 9.59 Å². The lowest BCUT2D eigenvalue weighted by Gasteiger charge is -2.31. The first-order valence-corrected chi connectivity index (χ1v) is 11.9. The summed E-state index contributed by atoms with van der Waals surface area (Å²) >= 11 is 0. The summed E-state index contributed by atoms with van der Waals surface area (Å²) in [4.78, 5) is 39.3. The minimum Gasteiger partial charge on any atom is -0.453 e. The normalized spacial score (nSPS) is 23.1. The van der Waals surface area contributed by atoms with Gasteiger partial charge in [0.15, 0.2) is 5.78 Å². The Kier molecular flexibility index (Phi) is 5.49. The van der Waals surface area contributed by atoms with Gasteiger partial charge in [-0.25, -0.2) is 4.79 Å². The first kappa shape index (κ1) is 20.5. The Bertz CT molecular complexity index is 949. The van der Waals surface area contributed by atoms with Crippen LogP contribution in [0.4, 0.5) is 4.79 Å². The predicted molar refractivity (Wildman–Crippen MR) is 117 cm³/mol. The molecule has 0 saturated carbocycles. The lowest BCUT2D eigenvalue weighted by Crippen LogP contribution is -2.38. The highest BCUT2D eigenvalue weighted by Gasteiger charge is 2.37. The van der Waals surface area contributed by atoms with E-state index in [0.717, 1.165) is 56.2 Å². The number of allylic oxidation sites excluding steroid dienone is 2. The van der Waals surface area contributed by atoms with Gasteiger partial charge in [0, 0.05) is 43.7 Å². The number of aromatic nitrogens is 1. The molecular weight excluding hydrogens is 392 g/mol. The number of carbonyl (C=O) groups is 3. The van der Waals surface area contributed by atoms with Crippen molar-refractivity contribution in [1.82, 2.24) is 9.47 Å². The van der Waals surface area contributed by atoms with Crippen LogP contribution >= 0.6 is 0 Å². The van der Waals surface area contributed by atoms with Crippen LogP contribution in [0.3, 0.4) is 0 Å². The lowest BCUT2D eigenvalue weighted by atomic mass is 9.83. The third-order valence-corrected chi connectivity index (χ3v) is 7.82. The van der Waals surface area contributed by atoms with Crippen LogP contribution in [0.15, 0.2) is 6.08 Å². The van der Waals surface area contributed by atoms with E-state index in [9.17, 15) is 14.4 Å². The Morgan fingerprint density at radius 2 is 1.87 bits per heavy atom. The number of rotatable bonds is 4. The molecule has 4 aliphatic rings. The van der Waals surface area contributed by atoms with Gasteiger partial charge in [-0.1, -0.05) is 6.08 Å². The summed E-state index contributed by atoms with van der Waals surface area (Å²) in [6.07, 6.45) is 11.0. The standard InChI is InChI=1S/C25H32N2O4/c1-31-25(30)26-12-10-16(11-13-26)6-8-21(28)18-14-17-7-9-22(29)23-19-4-2-3-5-20(19)27(15-18)24(17)23/h14,16,18H,2-13,15H2,1H3. The van der Waals surface area contributed by atoms with E-state index in [-0.39, 0.29) is 12.0 Å². The smallest absolute Gasteiger partial charge is 0.409 e. The topological polar surface area (TPSA) is 68.6 Å². The van der Waals surface area contributed by atoms with E-state index < -0.39 is 0 Å². The quantitative estimate of drug-likeness (QED) is 0.727. The maximum absolute atomic E-state index is 13.2. The summed E-state index contributed by atoms with van der Waals surface area (Å²) in [6.45, 7) is 2.14. The molecule has 1 atom stereocenters. The highest BCUT2D eigenvalue weighted by molar-refractivity contribution is 6.06. The van der Waals surface area contributed by atoms with Crippen LogP contribution in [0.2, 0.25) is 0 Å². The van der Waals surface area contributed by atoms with Gasteiger partial charge in [-0.15, -0.1) is 0 Å². The molecule has 1 saturated heterocycles. The van der Waals surface area contributed by atoms with Gasteiger partial charge in [-0.05, 0) is 68.4 Å². The second-order valence-electron chi connectivity index (χ2n) is 9.59. The Labute approximate surface area is 183 Å². The van der Waals surface area contributed by atoms with E-state index >= 15 is 0 Å². The molecule has 0 N–H and O–H groups in total. The minimum absolute atomic E-state index is 0.0721. The first-order chi connectivity index (χ1) is 15.1. The molecule has 1 amide bonds. The van der Waals surface area contributed by atoms with Gasteiger partial charge in [0.05, 0.1) is 18.7 Å². The molecule has 3 heterocycles. The van der Waals surface area contributed by atoms with Crippen molar-refractivity contribution in [2.45, 2.75) is 70.8 Å². The van der Waals surface area contributed by atoms with Crippen LogP contribution in [0.25, 0.3) is 5.57 Å². The average molecular weight is 425 g/mol. The number of hydrogen-bond donors (Lipinski definition) is 0. The van der Waals surface area contributed by atoms with Crippen LogP contribution in [0, 0.1) is 11.8 Å². The zero-order chi connectivity index (χ0) is 21.5. The lowest BCUT2D eigenvalue weighted by molar-refractivity contribution is -0.122. The van der Waals surface area contributed by atoms with E-state index in [4.69, 9.17) is 4.74 Å². The summed E-state index contributed by atoms with van der Waals surface area (Å²) < 4.78 is 7.15. The molecule has 0 aromatic carbocycles. The molecule has 0 radical (unpaired) electrons. The van der Waals surface area contributed by atoms with Crippen LogP contribution in [0.1, 0.15) is 78.7 Å². The molecular formula is C25H32N2O4. The summed E-state index contributed by atoms with van der Waals surface area (Å²) in [7, 11) is 1.42. The number of methoxy groups -OCH3 is 1. The zero-order valence-electron chi connectivity index (χ0n) is 18.5. The highest BCUT2D eigenvalue weighted by Crippen LogP contribution is 2.43. The van der Waals surface area contributed by atoms with Gasteiger partial charge in [-0.2, -0.15) is 0 Å². The summed E-state index contributed by atoms with van der Waals surface area (Å²) in [5, 5.41) is 0. The molecule has 2 aliphatic carbocycles. The van der Waals surface area contributed by atoms with Gasteiger partial charge in [0.1, 0.15) is 5.78 Å². The van der Waals surface area contributed by atoms with Crippen molar-refractivity contribution >= 4 is 23.2 Å². The van der Waals surface area contributed by atoms with Crippen molar-refractivity contribution < 1.29 is 19.1 Å². The number of ether oxygens (including phenoxy) is 1. The Morgan fingerprint density at radius 3 is 2.65 bits per heavy atom. The number of fused-ring (bicyclic) bond motifs is 3. The minimum atomic E-state index is -0.250. The van der Waals surface area contributed by atoms with Gasteiger partial charge in [0.25, 0.3) is 0 Å². The summed E-state index contributed by atoms with van der Waals surface area (Å²) in [5.74, 6) is 1.05. The molecule has 1 aromatic rings. The average Bonchev–Trinajstić information content (AvgIpc) is 3.15. The molecule has 1 fully saturated rings.